The van der Waals surface area contributed by atoms with E-state index in [1.807, 2.05) is 44.9 Å². The summed E-state index contributed by atoms with van der Waals surface area (Å²) in [5, 5.41) is 3.07. The van der Waals surface area contributed by atoms with Crippen molar-refractivity contribution in [3.05, 3.63) is 23.4 Å². The van der Waals surface area contributed by atoms with Crippen molar-refractivity contribution in [2.24, 2.45) is 0 Å². The summed E-state index contributed by atoms with van der Waals surface area (Å²) in [7, 11) is 1.89. The number of amides is 1. The van der Waals surface area contributed by atoms with E-state index in [0.717, 1.165) is 24.3 Å². The Morgan fingerprint density at radius 2 is 1.95 bits per heavy atom. The van der Waals surface area contributed by atoms with Crippen LogP contribution in [-0.2, 0) is 9.53 Å². The standard InChI is InChI=1S/C16H30N2O2/c1-7-10-20-15(4)12-18(16(5)19)11-13(2)8-9-14(3)17-6/h8-9,15,17H,7,10-12H2,1-6H3/b13-8+,14-9-. The van der Waals surface area contributed by atoms with Gasteiger partial charge in [0.2, 0.25) is 5.91 Å². The van der Waals surface area contributed by atoms with Crippen molar-refractivity contribution in [2.45, 2.75) is 47.1 Å². The zero-order valence-corrected chi connectivity index (χ0v) is 13.8. The Labute approximate surface area is 123 Å². The number of ether oxygens (including phenoxy) is 1. The highest BCUT2D eigenvalue weighted by atomic mass is 16.5. The highest BCUT2D eigenvalue weighted by molar-refractivity contribution is 5.73. The van der Waals surface area contributed by atoms with E-state index < -0.39 is 0 Å². The van der Waals surface area contributed by atoms with Crippen molar-refractivity contribution in [2.75, 3.05) is 26.7 Å². The van der Waals surface area contributed by atoms with Gasteiger partial charge in [0.05, 0.1) is 6.10 Å². The van der Waals surface area contributed by atoms with Gasteiger partial charge in [-0.05, 0) is 33.3 Å². The first-order chi connectivity index (χ1) is 9.40. The molecule has 0 aromatic heterocycles. The van der Waals surface area contributed by atoms with Gasteiger partial charge in [-0.25, -0.2) is 0 Å². The van der Waals surface area contributed by atoms with Gasteiger partial charge >= 0.3 is 0 Å². The number of carbonyl (C=O) groups excluding carboxylic acids is 1. The van der Waals surface area contributed by atoms with Crippen molar-refractivity contribution in [1.29, 1.82) is 0 Å². The third-order valence-corrected chi connectivity index (χ3v) is 2.98. The topological polar surface area (TPSA) is 41.6 Å². The summed E-state index contributed by atoms with van der Waals surface area (Å²) in [6.07, 6.45) is 5.13. The highest BCUT2D eigenvalue weighted by Crippen LogP contribution is 2.04. The molecule has 0 aliphatic rings. The molecule has 0 aromatic rings. The van der Waals surface area contributed by atoms with Crippen LogP contribution in [0, 0.1) is 0 Å². The molecule has 0 rings (SSSR count). The second-order valence-corrected chi connectivity index (χ2v) is 5.19. The third kappa shape index (κ3) is 8.75. The van der Waals surface area contributed by atoms with Gasteiger partial charge < -0.3 is 15.0 Å². The monoisotopic (exact) mass is 282 g/mol. The van der Waals surface area contributed by atoms with Crippen LogP contribution in [0.3, 0.4) is 0 Å². The molecule has 0 fully saturated rings. The smallest absolute Gasteiger partial charge is 0.219 e. The number of hydrogen-bond donors (Lipinski definition) is 1. The maximum Gasteiger partial charge on any atom is 0.219 e. The van der Waals surface area contributed by atoms with Crippen molar-refractivity contribution >= 4 is 5.91 Å². The van der Waals surface area contributed by atoms with Crippen molar-refractivity contribution in [3.8, 4) is 0 Å². The number of nitrogens with one attached hydrogen (secondary N) is 1. The van der Waals surface area contributed by atoms with Crippen LogP contribution in [-0.4, -0.2) is 43.7 Å². The fourth-order valence-electron chi connectivity index (χ4n) is 1.69. The molecule has 0 aliphatic heterocycles. The summed E-state index contributed by atoms with van der Waals surface area (Å²) in [5.74, 6) is 0.0824. The normalized spacial score (nSPS) is 14.1. The van der Waals surface area contributed by atoms with Gasteiger partial charge in [-0.3, -0.25) is 4.79 Å². The van der Waals surface area contributed by atoms with Crippen LogP contribution in [0.2, 0.25) is 0 Å². The predicted octanol–water partition coefficient (Wildman–Crippen LogP) is 2.72. The molecule has 1 unspecified atom stereocenters. The average Bonchev–Trinajstić information content (AvgIpc) is 2.41. The van der Waals surface area contributed by atoms with Crippen molar-refractivity contribution in [3.63, 3.8) is 0 Å². The SMILES string of the molecule is CCCOC(C)CN(C/C(C)=C/C=C(/C)NC)C(C)=O. The van der Waals surface area contributed by atoms with Crippen LogP contribution in [0.25, 0.3) is 0 Å². The zero-order valence-electron chi connectivity index (χ0n) is 13.8. The van der Waals surface area contributed by atoms with Gasteiger partial charge in [0.1, 0.15) is 0 Å². The molecule has 0 spiro atoms. The van der Waals surface area contributed by atoms with E-state index in [0.29, 0.717) is 13.1 Å². The third-order valence-electron chi connectivity index (χ3n) is 2.98. The second kappa shape index (κ2) is 10.5. The molecule has 1 atom stereocenters. The molecular formula is C16H30N2O2. The Hall–Kier alpha value is -1.29. The highest BCUT2D eigenvalue weighted by Gasteiger charge is 2.13. The molecule has 0 heterocycles. The molecule has 0 aromatic carbocycles. The molecule has 0 aliphatic carbocycles. The summed E-state index contributed by atoms with van der Waals surface area (Å²) in [6.45, 7) is 11.8. The van der Waals surface area contributed by atoms with Crippen molar-refractivity contribution < 1.29 is 9.53 Å². The lowest BCUT2D eigenvalue weighted by atomic mass is 10.2. The van der Waals surface area contributed by atoms with Gasteiger partial charge in [-0.2, -0.15) is 0 Å². The lowest BCUT2D eigenvalue weighted by molar-refractivity contribution is -0.130. The second-order valence-electron chi connectivity index (χ2n) is 5.19. The van der Waals surface area contributed by atoms with E-state index in [1.54, 1.807) is 6.92 Å². The Bertz CT molecular complexity index is 348. The Morgan fingerprint density at radius 1 is 1.30 bits per heavy atom. The van der Waals surface area contributed by atoms with Gasteiger partial charge in [0.15, 0.2) is 0 Å². The van der Waals surface area contributed by atoms with Crippen LogP contribution in [0.4, 0.5) is 0 Å². The molecule has 0 saturated heterocycles. The number of hydrogen-bond acceptors (Lipinski definition) is 3. The van der Waals surface area contributed by atoms with E-state index >= 15 is 0 Å². The summed E-state index contributed by atoms with van der Waals surface area (Å²) < 4.78 is 5.63. The van der Waals surface area contributed by atoms with E-state index in [4.69, 9.17) is 4.74 Å². The minimum Gasteiger partial charge on any atom is -0.392 e. The first kappa shape index (κ1) is 18.7. The van der Waals surface area contributed by atoms with E-state index in [1.165, 1.54) is 0 Å². The molecule has 4 nitrogen and oxygen atoms in total. The van der Waals surface area contributed by atoms with E-state index in [9.17, 15) is 4.79 Å². The Balaban J connectivity index is 4.51. The summed E-state index contributed by atoms with van der Waals surface area (Å²) in [4.78, 5) is 13.5. The van der Waals surface area contributed by atoms with Crippen LogP contribution >= 0.6 is 0 Å². The number of allylic oxidation sites excluding steroid dienone is 3. The molecule has 0 saturated carbocycles. The van der Waals surface area contributed by atoms with E-state index in [2.05, 4.69) is 12.2 Å². The number of carbonyl (C=O) groups is 1. The van der Waals surface area contributed by atoms with Gasteiger partial charge in [-0.1, -0.05) is 18.6 Å². The van der Waals surface area contributed by atoms with Crippen LogP contribution in [0.15, 0.2) is 23.4 Å². The summed E-state index contributed by atoms with van der Waals surface area (Å²) >= 11 is 0. The van der Waals surface area contributed by atoms with Gasteiger partial charge in [0, 0.05) is 39.4 Å². The van der Waals surface area contributed by atoms with Gasteiger partial charge in [0.25, 0.3) is 0 Å². The maximum atomic E-state index is 11.7. The fourth-order valence-corrected chi connectivity index (χ4v) is 1.69. The lowest BCUT2D eigenvalue weighted by Crippen LogP contribution is -2.37. The molecule has 0 radical (unpaired) electrons. The summed E-state index contributed by atoms with van der Waals surface area (Å²) in [5.41, 5.74) is 2.25. The molecule has 4 heteroatoms. The largest absolute Gasteiger partial charge is 0.392 e. The summed E-state index contributed by atoms with van der Waals surface area (Å²) in [6, 6.07) is 0. The molecule has 20 heavy (non-hydrogen) atoms. The Morgan fingerprint density at radius 3 is 2.45 bits per heavy atom. The minimum atomic E-state index is 0.0706. The maximum absolute atomic E-state index is 11.7. The molecule has 1 amide bonds. The molecule has 1 N–H and O–H groups in total. The first-order valence-corrected chi connectivity index (χ1v) is 7.29. The predicted molar refractivity (Wildman–Crippen MR) is 84.5 cm³/mol. The van der Waals surface area contributed by atoms with Crippen LogP contribution in [0.1, 0.15) is 41.0 Å². The molecular weight excluding hydrogens is 252 g/mol. The quantitative estimate of drug-likeness (QED) is 0.661. The Kier molecular flexibility index (Phi) is 9.82. The van der Waals surface area contributed by atoms with Gasteiger partial charge in [-0.15, -0.1) is 0 Å². The van der Waals surface area contributed by atoms with Crippen molar-refractivity contribution in [1.82, 2.24) is 10.2 Å². The fraction of sp³-hybridized carbons (Fsp3) is 0.688. The zero-order chi connectivity index (χ0) is 15.5. The number of nitrogens with zero attached hydrogens (tertiary/aromatic N) is 1. The lowest BCUT2D eigenvalue weighted by Gasteiger charge is -2.25. The number of rotatable bonds is 9. The average molecular weight is 282 g/mol. The van der Waals surface area contributed by atoms with E-state index in [-0.39, 0.29) is 12.0 Å². The van der Waals surface area contributed by atoms with Crippen LogP contribution < -0.4 is 5.32 Å². The van der Waals surface area contributed by atoms with Crippen LogP contribution in [0.5, 0.6) is 0 Å². The first-order valence-electron chi connectivity index (χ1n) is 7.29. The molecule has 0 bridgehead atoms. The molecule has 116 valence electrons. The minimum absolute atomic E-state index is 0.0706.